The van der Waals surface area contributed by atoms with Gasteiger partial charge in [-0.2, -0.15) is 0 Å². The van der Waals surface area contributed by atoms with E-state index in [1.54, 1.807) is 0 Å². The predicted octanol–water partition coefficient (Wildman–Crippen LogP) is -2.54. The number of H-pyrrole nitrogens is 1. The van der Waals surface area contributed by atoms with Crippen molar-refractivity contribution in [1.82, 2.24) is 25.9 Å². The second kappa shape index (κ2) is 16.6. The first-order chi connectivity index (χ1) is 17.1. The molecule has 5 atom stereocenters. The number of carbonyl (C=O) groups is 4. The van der Waals surface area contributed by atoms with Crippen molar-refractivity contribution in [2.75, 3.05) is 13.1 Å². The summed E-state index contributed by atoms with van der Waals surface area (Å²) in [6.07, 6.45) is 4.46. The highest BCUT2D eigenvalue weighted by Gasteiger charge is 2.32. The first-order valence-corrected chi connectivity index (χ1v) is 12.1. The Morgan fingerprint density at radius 2 is 1.56 bits per heavy atom. The maximum absolute atomic E-state index is 13.1. The van der Waals surface area contributed by atoms with E-state index in [0.717, 1.165) is 0 Å². The number of carboxylic acids is 1. The second-order valence-electron chi connectivity index (χ2n) is 8.64. The molecule has 0 bridgehead atoms. The van der Waals surface area contributed by atoms with Gasteiger partial charge in [-0.25, -0.2) is 9.78 Å². The molecule has 1 heterocycles. The van der Waals surface area contributed by atoms with E-state index in [4.69, 9.17) is 17.2 Å². The third-order valence-corrected chi connectivity index (χ3v) is 5.54. The number of hydrogen-bond donors (Lipinski definition) is 9. The number of amides is 3. The molecule has 0 fully saturated rings. The summed E-state index contributed by atoms with van der Waals surface area (Å²) in [6, 6.07) is -4.69. The number of aliphatic carboxylic acids is 1. The number of aliphatic hydroxyl groups is 1. The summed E-state index contributed by atoms with van der Waals surface area (Å²) < 4.78 is 0. The standard InChI is InChI=1S/C22H40N8O6/c1-13(31)18(21(34)28-16(22(35)36)7-3-5-9-24)30-20(33)17(10-14-11-26-12-27-14)29-19(32)15(25)6-2-4-8-23/h11-13,15-18,31H,2-10,23-25H2,1H3,(H,26,27)(H,28,34)(H,29,32)(H,30,33)(H,35,36). The number of unbranched alkanes of at least 4 members (excludes halogenated alkanes) is 2. The van der Waals surface area contributed by atoms with Gasteiger partial charge in [0.25, 0.3) is 0 Å². The first kappa shape index (κ1) is 31.0. The fraction of sp³-hybridized carbons (Fsp3) is 0.682. The molecule has 0 aliphatic heterocycles. The van der Waals surface area contributed by atoms with Crippen LogP contribution in [0.4, 0.5) is 0 Å². The molecule has 14 nitrogen and oxygen atoms in total. The number of nitrogens with zero attached hydrogens (tertiary/aromatic N) is 1. The van der Waals surface area contributed by atoms with Gasteiger partial charge in [0.1, 0.15) is 18.1 Å². The summed E-state index contributed by atoms with van der Waals surface area (Å²) in [5, 5.41) is 26.9. The van der Waals surface area contributed by atoms with Crippen LogP contribution in [0.25, 0.3) is 0 Å². The molecule has 0 aliphatic carbocycles. The Morgan fingerprint density at radius 3 is 2.08 bits per heavy atom. The molecule has 36 heavy (non-hydrogen) atoms. The molecule has 0 saturated heterocycles. The van der Waals surface area contributed by atoms with Crippen molar-refractivity contribution in [1.29, 1.82) is 0 Å². The van der Waals surface area contributed by atoms with Crippen LogP contribution in [0.15, 0.2) is 12.5 Å². The van der Waals surface area contributed by atoms with E-state index in [2.05, 4.69) is 25.9 Å². The molecule has 5 unspecified atom stereocenters. The number of aromatic amines is 1. The average molecular weight is 513 g/mol. The van der Waals surface area contributed by atoms with Gasteiger partial charge in [-0.15, -0.1) is 0 Å². The monoisotopic (exact) mass is 512 g/mol. The SMILES string of the molecule is CC(O)C(NC(=O)C(Cc1cnc[nH]1)NC(=O)C(N)CCCCN)C(=O)NC(CCCCN)C(=O)O. The van der Waals surface area contributed by atoms with Gasteiger partial charge in [0.05, 0.1) is 18.5 Å². The molecule has 1 rings (SSSR count). The molecule has 0 spiro atoms. The minimum Gasteiger partial charge on any atom is -0.480 e. The first-order valence-electron chi connectivity index (χ1n) is 12.1. The summed E-state index contributed by atoms with van der Waals surface area (Å²) in [5.74, 6) is -3.44. The number of imidazole rings is 1. The summed E-state index contributed by atoms with van der Waals surface area (Å²) >= 11 is 0. The highest BCUT2D eigenvalue weighted by atomic mass is 16.4. The zero-order chi connectivity index (χ0) is 27.1. The summed E-state index contributed by atoms with van der Waals surface area (Å²) in [5.41, 5.74) is 17.4. The zero-order valence-corrected chi connectivity index (χ0v) is 20.6. The fourth-order valence-electron chi connectivity index (χ4n) is 3.41. The van der Waals surface area contributed by atoms with Crippen molar-refractivity contribution in [2.45, 2.75) is 82.1 Å². The molecular weight excluding hydrogens is 472 g/mol. The molecule has 14 heteroatoms. The highest BCUT2D eigenvalue weighted by molar-refractivity contribution is 5.94. The zero-order valence-electron chi connectivity index (χ0n) is 20.6. The molecule has 12 N–H and O–H groups in total. The van der Waals surface area contributed by atoms with E-state index >= 15 is 0 Å². The summed E-state index contributed by atoms with van der Waals surface area (Å²) in [4.78, 5) is 56.7. The number of aliphatic hydroxyl groups excluding tert-OH is 1. The Hall–Kier alpha value is -3.07. The van der Waals surface area contributed by atoms with E-state index < -0.39 is 54.0 Å². The maximum atomic E-state index is 13.1. The second-order valence-corrected chi connectivity index (χ2v) is 8.64. The van der Waals surface area contributed by atoms with E-state index in [0.29, 0.717) is 50.9 Å². The van der Waals surface area contributed by atoms with Gasteiger partial charge in [0.15, 0.2) is 0 Å². The molecule has 0 radical (unpaired) electrons. The lowest BCUT2D eigenvalue weighted by atomic mass is 10.1. The molecule has 0 saturated carbocycles. The van der Waals surface area contributed by atoms with Crippen molar-refractivity contribution >= 4 is 23.7 Å². The third-order valence-electron chi connectivity index (χ3n) is 5.54. The topological polar surface area (TPSA) is 252 Å². The highest BCUT2D eigenvalue weighted by Crippen LogP contribution is 2.06. The number of nitrogens with one attached hydrogen (secondary N) is 4. The van der Waals surface area contributed by atoms with Crippen LogP contribution in [0, 0.1) is 0 Å². The Bertz CT molecular complexity index is 819. The van der Waals surface area contributed by atoms with Gasteiger partial charge in [0.2, 0.25) is 17.7 Å². The lowest BCUT2D eigenvalue weighted by molar-refractivity contribution is -0.143. The van der Waals surface area contributed by atoms with E-state index in [1.807, 2.05) is 0 Å². The number of carboxylic acid groups (broad SMARTS) is 1. The van der Waals surface area contributed by atoms with Crippen LogP contribution in [0.2, 0.25) is 0 Å². The van der Waals surface area contributed by atoms with Crippen LogP contribution in [-0.2, 0) is 25.6 Å². The van der Waals surface area contributed by atoms with E-state index in [-0.39, 0.29) is 12.8 Å². The molecule has 0 aliphatic rings. The molecule has 3 amide bonds. The fourth-order valence-corrected chi connectivity index (χ4v) is 3.41. The van der Waals surface area contributed by atoms with Crippen LogP contribution in [0.3, 0.4) is 0 Å². The smallest absolute Gasteiger partial charge is 0.326 e. The van der Waals surface area contributed by atoms with Gasteiger partial charge in [-0.1, -0.05) is 6.42 Å². The third kappa shape index (κ3) is 11.1. The van der Waals surface area contributed by atoms with Gasteiger partial charge < -0.3 is 48.3 Å². The van der Waals surface area contributed by atoms with Gasteiger partial charge >= 0.3 is 5.97 Å². The number of aromatic nitrogens is 2. The van der Waals surface area contributed by atoms with Crippen LogP contribution in [-0.4, -0.2) is 87.2 Å². The Kier molecular flexibility index (Phi) is 14.3. The largest absolute Gasteiger partial charge is 0.480 e. The van der Waals surface area contributed by atoms with E-state index in [1.165, 1.54) is 19.4 Å². The lowest BCUT2D eigenvalue weighted by Gasteiger charge is -2.26. The summed E-state index contributed by atoms with van der Waals surface area (Å²) in [6.45, 7) is 2.13. The van der Waals surface area contributed by atoms with Crippen LogP contribution >= 0.6 is 0 Å². The van der Waals surface area contributed by atoms with Crippen LogP contribution in [0.5, 0.6) is 0 Å². The molecule has 204 valence electrons. The van der Waals surface area contributed by atoms with E-state index in [9.17, 15) is 29.4 Å². The summed E-state index contributed by atoms with van der Waals surface area (Å²) in [7, 11) is 0. The van der Waals surface area contributed by atoms with Crippen molar-refractivity contribution in [2.24, 2.45) is 17.2 Å². The molecule has 1 aromatic rings. The number of rotatable bonds is 18. The van der Waals surface area contributed by atoms with Gasteiger partial charge in [-0.3, -0.25) is 14.4 Å². The Morgan fingerprint density at radius 1 is 0.944 bits per heavy atom. The van der Waals surface area contributed by atoms with Crippen molar-refractivity contribution < 1.29 is 29.4 Å². The Balaban J connectivity index is 2.94. The Labute approximate surface area is 210 Å². The van der Waals surface area contributed by atoms with Crippen molar-refractivity contribution in [3.63, 3.8) is 0 Å². The quantitative estimate of drug-likeness (QED) is 0.0931. The average Bonchev–Trinajstić information content (AvgIpc) is 3.34. The molecule has 1 aromatic heterocycles. The maximum Gasteiger partial charge on any atom is 0.326 e. The van der Waals surface area contributed by atoms with Crippen LogP contribution in [0.1, 0.15) is 51.1 Å². The van der Waals surface area contributed by atoms with Gasteiger partial charge in [0, 0.05) is 18.3 Å². The predicted molar refractivity (Wildman–Crippen MR) is 131 cm³/mol. The lowest BCUT2D eigenvalue weighted by Crippen LogP contribution is -2.60. The van der Waals surface area contributed by atoms with Crippen molar-refractivity contribution in [3.8, 4) is 0 Å². The number of nitrogens with two attached hydrogens (primary N) is 3. The number of carbonyl (C=O) groups excluding carboxylic acids is 3. The van der Waals surface area contributed by atoms with Crippen LogP contribution < -0.4 is 33.2 Å². The minimum absolute atomic E-state index is 0.0120. The molecular formula is C22H40N8O6. The normalized spacial score (nSPS) is 15.2. The molecule has 0 aromatic carbocycles. The van der Waals surface area contributed by atoms with Crippen molar-refractivity contribution in [3.05, 3.63) is 18.2 Å². The minimum atomic E-state index is -1.46. The number of hydrogen-bond acceptors (Lipinski definition) is 9. The van der Waals surface area contributed by atoms with Gasteiger partial charge in [-0.05, 0) is 52.1 Å².